The minimum Gasteiger partial charge on any atom is -0.242 e. The van der Waals surface area contributed by atoms with Gasteiger partial charge in [0.25, 0.3) is 0 Å². The average molecular weight is 259 g/mol. The van der Waals surface area contributed by atoms with Gasteiger partial charge in [0.15, 0.2) is 11.5 Å². The molecule has 18 heavy (non-hydrogen) atoms. The zero-order chi connectivity index (χ0) is 12.4. The Bertz CT molecular complexity index is 573. The SMILES string of the molecule is O=C(O[S+]1CCCC1)c1ccc2ccccc2c1. The van der Waals surface area contributed by atoms with E-state index in [0.717, 1.165) is 22.3 Å². The molecule has 0 N–H and O–H groups in total. The standard InChI is InChI=1S/C15H15O2S/c16-15(17-18-9-3-4-10-18)14-8-7-12-5-1-2-6-13(12)11-14/h1-2,5-8,11H,3-4,9-10H2/q+1. The fourth-order valence-electron chi connectivity index (χ4n) is 2.18. The van der Waals surface area contributed by atoms with Crippen molar-refractivity contribution in [3.63, 3.8) is 0 Å². The van der Waals surface area contributed by atoms with Crippen LogP contribution in [-0.2, 0) is 15.4 Å². The van der Waals surface area contributed by atoms with E-state index >= 15 is 0 Å². The molecule has 0 unspecified atom stereocenters. The summed E-state index contributed by atoms with van der Waals surface area (Å²) in [6.45, 7) is 0. The van der Waals surface area contributed by atoms with Gasteiger partial charge >= 0.3 is 5.97 Å². The first-order chi connectivity index (χ1) is 8.83. The lowest BCUT2D eigenvalue weighted by Crippen LogP contribution is -2.14. The Kier molecular flexibility index (Phi) is 3.24. The zero-order valence-corrected chi connectivity index (χ0v) is 10.9. The number of hydrogen-bond acceptors (Lipinski definition) is 2. The van der Waals surface area contributed by atoms with E-state index in [1.54, 1.807) is 0 Å². The van der Waals surface area contributed by atoms with E-state index in [-0.39, 0.29) is 17.1 Å². The minimum absolute atomic E-state index is 0.141. The van der Waals surface area contributed by atoms with E-state index in [0.29, 0.717) is 5.56 Å². The van der Waals surface area contributed by atoms with Crippen LogP contribution in [0.2, 0.25) is 0 Å². The van der Waals surface area contributed by atoms with E-state index in [4.69, 9.17) is 4.18 Å². The molecule has 1 saturated heterocycles. The maximum atomic E-state index is 12.0. The lowest BCUT2D eigenvalue weighted by atomic mass is 10.1. The maximum absolute atomic E-state index is 12.0. The summed E-state index contributed by atoms with van der Waals surface area (Å²) < 4.78 is 5.54. The van der Waals surface area contributed by atoms with Gasteiger partial charge in [-0.3, -0.25) is 0 Å². The van der Waals surface area contributed by atoms with Crippen LogP contribution >= 0.6 is 0 Å². The van der Waals surface area contributed by atoms with Crippen LogP contribution in [0.25, 0.3) is 10.8 Å². The van der Waals surface area contributed by atoms with Crippen LogP contribution in [0.15, 0.2) is 42.5 Å². The molecule has 1 heterocycles. The van der Waals surface area contributed by atoms with Crippen molar-refractivity contribution < 1.29 is 8.98 Å². The van der Waals surface area contributed by atoms with Gasteiger partial charge in [-0.25, -0.2) is 8.98 Å². The van der Waals surface area contributed by atoms with Gasteiger partial charge in [-0.05, 0) is 22.9 Å². The van der Waals surface area contributed by atoms with Crippen molar-refractivity contribution >= 4 is 27.9 Å². The molecule has 0 bridgehead atoms. The molecule has 2 aromatic carbocycles. The first-order valence-corrected chi connectivity index (χ1v) is 7.71. The summed E-state index contributed by atoms with van der Waals surface area (Å²) in [5, 5.41) is 2.24. The van der Waals surface area contributed by atoms with Gasteiger partial charge in [0.1, 0.15) is 0 Å². The second kappa shape index (κ2) is 5.02. The highest BCUT2D eigenvalue weighted by Gasteiger charge is 2.30. The Morgan fingerprint density at radius 2 is 1.72 bits per heavy atom. The van der Waals surface area contributed by atoms with Gasteiger partial charge in [0.05, 0.1) is 5.56 Å². The fraction of sp³-hybridized carbons (Fsp3) is 0.267. The van der Waals surface area contributed by atoms with Crippen LogP contribution < -0.4 is 0 Å². The van der Waals surface area contributed by atoms with Crippen molar-refractivity contribution in [1.29, 1.82) is 0 Å². The molecule has 0 spiro atoms. The number of fused-ring (bicyclic) bond motifs is 1. The number of benzene rings is 2. The van der Waals surface area contributed by atoms with Crippen LogP contribution in [0, 0.1) is 0 Å². The van der Waals surface area contributed by atoms with Crippen molar-refractivity contribution in [1.82, 2.24) is 0 Å². The van der Waals surface area contributed by atoms with E-state index in [2.05, 4.69) is 0 Å². The molecule has 92 valence electrons. The molecule has 0 saturated carbocycles. The van der Waals surface area contributed by atoms with Gasteiger partial charge in [0.2, 0.25) is 11.2 Å². The van der Waals surface area contributed by atoms with E-state index in [1.165, 1.54) is 12.8 Å². The number of carbonyl (C=O) groups is 1. The smallest absolute Gasteiger partial charge is 0.242 e. The highest BCUT2D eigenvalue weighted by atomic mass is 32.2. The summed E-state index contributed by atoms with van der Waals surface area (Å²) >= 11 is -0.141. The molecule has 2 nitrogen and oxygen atoms in total. The molecule has 3 rings (SSSR count). The summed E-state index contributed by atoms with van der Waals surface area (Å²) in [6.07, 6.45) is 2.38. The molecule has 0 radical (unpaired) electrons. The normalized spacial score (nSPS) is 16.0. The maximum Gasteiger partial charge on any atom is 0.394 e. The molecular weight excluding hydrogens is 244 g/mol. The summed E-state index contributed by atoms with van der Waals surface area (Å²) in [7, 11) is 0. The monoisotopic (exact) mass is 259 g/mol. The van der Waals surface area contributed by atoms with Gasteiger partial charge in [-0.2, -0.15) is 0 Å². The molecule has 1 aliphatic rings. The summed E-state index contributed by atoms with van der Waals surface area (Å²) in [4.78, 5) is 12.0. The third kappa shape index (κ3) is 2.36. The third-order valence-electron chi connectivity index (χ3n) is 3.17. The van der Waals surface area contributed by atoms with Crippen LogP contribution in [0.3, 0.4) is 0 Å². The van der Waals surface area contributed by atoms with Crippen LogP contribution in [-0.4, -0.2) is 17.5 Å². The molecule has 1 fully saturated rings. The molecule has 0 amide bonds. The second-order valence-electron chi connectivity index (χ2n) is 4.49. The molecular formula is C15H15O2S+. The number of hydrogen-bond donors (Lipinski definition) is 0. The largest absolute Gasteiger partial charge is 0.394 e. The minimum atomic E-state index is -0.175. The van der Waals surface area contributed by atoms with Crippen molar-refractivity contribution in [3.05, 3.63) is 48.0 Å². The van der Waals surface area contributed by atoms with Crippen LogP contribution in [0.1, 0.15) is 23.2 Å². The Morgan fingerprint density at radius 1 is 1.00 bits per heavy atom. The summed E-state index contributed by atoms with van der Waals surface area (Å²) in [5.41, 5.74) is 0.660. The topological polar surface area (TPSA) is 26.3 Å². The highest BCUT2D eigenvalue weighted by Crippen LogP contribution is 2.19. The molecule has 3 heteroatoms. The zero-order valence-electron chi connectivity index (χ0n) is 10.1. The quantitative estimate of drug-likeness (QED) is 0.773. The lowest BCUT2D eigenvalue weighted by molar-refractivity contribution is 0.0761. The molecule has 2 aromatic rings. The molecule has 0 atom stereocenters. The highest BCUT2D eigenvalue weighted by molar-refractivity contribution is 7.92. The first-order valence-electron chi connectivity index (χ1n) is 6.22. The Hall–Kier alpha value is -1.48. The van der Waals surface area contributed by atoms with E-state index in [1.807, 2.05) is 42.5 Å². The first kappa shape index (κ1) is 11.6. The van der Waals surface area contributed by atoms with Gasteiger partial charge < -0.3 is 0 Å². The Labute approximate surface area is 110 Å². The van der Waals surface area contributed by atoms with Crippen LogP contribution in [0.4, 0.5) is 0 Å². The third-order valence-corrected chi connectivity index (χ3v) is 5.05. The van der Waals surface area contributed by atoms with Crippen molar-refractivity contribution in [2.24, 2.45) is 0 Å². The fourth-order valence-corrected chi connectivity index (χ4v) is 3.92. The second-order valence-corrected chi connectivity index (χ2v) is 6.35. The van der Waals surface area contributed by atoms with Crippen molar-refractivity contribution in [2.45, 2.75) is 12.8 Å². The average Bonchev–Trinajstić information content (AvgIpc) is 2.91. The number of rotatable bonds is 2. The summed E-state index contributed by atoms with van der Waals surface area (Å²) in [6, 6.07) is 13.8. The molecule has 1 aliphatic heterocycles. The van der Waals surface area contributed by atoms with Gasteiger partial charge in [-0.15, -0.1) is 0 Å². The Balaban J connectivity index is 1.82. The van der Waals surface area contributed by atoms with Gasteiger partial charge in [-0.1, -0.05) is 30.3 Å². The van der Waals surface area contributed by atoms with Crippen molar-refractivity contribution in [2.75, 3.05) is 11.5 Å². The summed E-state index contributed by atoms with van der Waals surface area (Å²) in [5.74, 6) is 1.91. The van der Waals surface area contributed by atoms with Crippen LogP contribution in [0.5, 0.6) is 0 Å². The Morgan fingerprint density at radius 3 is 2.50 bits per heavy atom. The predicted octanol–water partition coefficient (Wildman–Crippen LogP) is 3.32. The van der Waals surface area contributed by atoms with Crippen molar-refractivity contribution in [3.8, 4) is 0 Å². The van der Waals surface area contributed by atoms with E-state index in [9.17, 15) is 4.79 Å². The van der Waals surface area contributed by atoms with E-state index < -0.39 is 0 Å². The molecule has 0 aliphatic carbocycles. The van der Waals surface area contributed by atoms with Gasteiger partial charge in [0, 0.05) is 12.8 Å². The predicted molar refractivity (Wildman–Crippen MR) is 75.7 cm³/mol. The number of carbonyl (C=O) groups excluding carboxylic acids is 1. The lowest BCUT2D eigenvalue weighted by Gasteiger charge is -2.02. The molecule has 0 aromatic heterocycles.